The van der Waals surface area contributed by atoms with Crippen molar-refractivity contribution >= 4 is 44.0 Å². The molecule has 0 saturated heterocycles. The lowest BCUT2D eigenvalue weighted by atomic mass is 9.79. The molecule has 0 atom stereocenters. The molecular weight excluding hydrogens is 629 g/mol. The van der Waals surface area contributed by atoms with Gasteiger partial charge in [0.25, 0.3) is 0 Å². The first-order chi connectivity index (χ1) is 24.1. The summed E-state index contributed by atoms with van der Waals surface area (Å²) < 4.78 is 8.85. The van der Waals surface area contributed by atoms with Gasteiger partial charge in [0, 0.05) is 39.2 Å². The van der Waals surface area contributed by atoms with E-state index in [1.807, 2.05) is 36.5 Å². The van der Waals surface area contributed by atoms with Crippen molar-refractivity contribution in [2.75, 3.05) is 0 Å². The first-order valence-electron chi connectivity index (χ1n) is 17.7. The molecule has 0 bridgehead atoms. The molecule has 4 heterocycles. The highest BCUT2D eigenvalue weighted by Gasteiger charge is 2.28. The number of rotatable bonds is 3. The van der Waals surface area contributed by atoms with E-state index in [1.165, 1.54) is 0 Å². The lowest BCUT2D eigenvalue weighted by molar-refractivity contribution is 0.446. The van der Waals surface area contributed by atoms with E-state index in [1.54, 1.807) is 0 Å². The van der Waals surface area contributed by atoms with Crippen molar-refractivity contribution in [1.29, 1.82) is 0 Å². The van der Waals surface area contributed by atoms with Gasteiger partial charge in [-0.05, 0) is 82.0 Å². The fourth-order valence-corrected chi connectivity index (χ4v) is 7.08. The lowest BCUT2D eigenvalue weighted by Crippen LogP contribution is -2.17. The van der Waals surface area contributed by atoms with Crippen LogP contribution in [-0.2, 0) is 16.2 Å². The summed E-state index contributed by atoms with van der Waals surface area (Å²) in [6, 6.07) is 31.4. The Labute approximate surface area is 298 Å². The van der Waals surface area contributed by atoms with E-state index in [9.17, 15) is 5.11 Å². The minimum absolute atomic E-state index is 0.163. The number of hydrogen-bond donors (Lipinski definition) is 1. The molecule has 1 N–H and O–H groups in total. The molecule has 0 aliphatic heterocycles. The molecule has 256 valence electrons. The van der Waals surface area contributed by atoms with Gasteiger partial charge in [0.2, 0.25) is 0 Å². The van der Waals surface area contributed by atoms with Gasteiger partial charge in [-0.3, -0.25) is 4.57 Å². The number of benzene rings is 4. The predicted octanol–water partition coefficient (Wildman–Crippen LogP) is 11.8. The third-order valence-electron chi connectivity index (χ3n) is 9.99. The predicted molar refractivity (Wildman–Crippen MR) is 210 cm³/mol. The smallest absolute Gasteiger partial charge is 0.180 e. The monoisotopic (exact) mass is 672 g/mol. The number of phenolic OH excluding ortho intramolecular Hbond substituents is 1. The van der Waals surface area contributed by atoms with Crippen LogP contribution in [0.2, 0.25) is 0 Å². The molecule has 0 unspecified atom stereocenters. The molecule has 0 aliphatic carbocycles. The highest BCUT2D eigenvalue weighted by atomic mass is 16.3. The van der Waals surface area contributed by atoms with Gasteiger partial charge in [-0.2, -0.15) is 0 Å². The zero-order chi connectivity index (χ0) is 36.0. The van der Waals surface area contributed by atoms with Crippen LogP contribution in [-0.4, -0.2) is 24.6 Å². The normalized spacial score (nSPS) is 12.9. The van der Waals surface area contributed by atoms with Crippen LogP contribution in [0.1, 0.15) is 79.0 Å². The van der Waals surface area contributed by atoms with Crippen LogP contribution in [0, 0.1) is 0 Å². The molecule has 4 aromatic carbocycles. The first kappa shape index (κ1) is 32.7. The van der Waals surface area contributed by atoms with Crippen LogP contribution >= 0.6 is 0 Å². The van der Waals surface area contributed by atoms with Crippen molar-refractivity contribution in [3.63, 3.8) is 0 Å². The highest BCUT2D eigenvalue weighted by Crippen LogP contribution is 2.44. The van der Waals surface area contributed by atoms with Crippen molar-refractivity contribution in [1.82, 2.24) is 19.5 Å². The molecule has 6 heteroatoms. The average Bonchev–Trinajstić information content (AvgIpc) is 3.62. The standard InChI is InChI=1S/C45H44N4O2/c1-43(2,3)27-21-26(22-29(23-27)49-35-18-12-10-15-30(35)31-17-14-20-46-42(31)49)37-40-38(32-16-11-13-19-36(32)51-40)48-41(47-37)33-24-28(44(4,5)6)25-34(39(33)50)45(7,8)9/h10-25,50H,1-9H3. The Morgan fingerprint density at radius 3 is 2.04 bits per heavy atom. The Morgan fingerprint density at radius 1 is 0.647 bits per heavy atom. The number of fused-ring (bicyclic) bond motifs is 6. The van der Waals surface area contributed by atoms with Crippen LogP contribution < -0.4 is 0 Å². The SMILES string of the molecule is CC(C)(C)c1cc(-c2nc(-c3cc(C(C)(C)C)cc(C(C)(C)C)c3O)nc3c2oc2ccccc23)cc(-n2c3ccccc3c3cccnc32)c1. The van der Waals surface area contributed by atoms with E-state index >= 15 is 0 Å². The van der Waals surface area contributed by atoms with E-state index in [0.717, 1.165) is 60.8 Å². The summed E-state index contributed by atoms with van der Waals surface area (Å²) in [5, 5.41) is 15.1. The number of aromatic nitrogens is 4. The van der Waals surface area contributed by atoms with E-state index in [0.29, 0.717) is 28.2 Å². The first-order valence-corrected chi connectivity index (χ1v) is 17.7. The van der Waals surface area contributed by atoms with Crippen molar-refractivity contribution in [3.05, 3.63) is 114 Å². The molecule has 51 heavy (non-hydrogen) atoms. The van der Waals surface area contributed by atoms with Crippen LogP contribution in [0.25, 0.3) is 72.3 Å². The number of para-hydroxylation sites is 2. The van der Waals surface area contributed by atoms with Gasteiger partial charge in [-0.25, -0.2) is 15.0 Å². The number of furan rings is 1. The van der Waals surface area contributed by atoms with Crippen LogP contribution in [0.3, 0.4) is 0 Å². The van der Waals surface area contributed by atoms with Crippen LogP contribution in [0.5, 0.6) is 5.75 Å². The molecule has 0 amide bonds. The number of aromatic hydroxyl groups is 1. The summed E-state index contributed by atoms with van der Waals surface area (Å²) in [7, 11) is 0. The van der Waals surface area contributed by atoms with Crippen LogP contribution in [0.4, 0.5) is 0 Å². The molecule has 6 nitrogen and oxygen atoms in total. The minimum Gasteiger partial charge on any atom is -0.507 e. The topological polar surface area (TPSA) is 77.0 Å². The van der Waals surface area contributed by atoms with Crippen LogP contribution in [0.15, 0.2) is 102 Å². The molecule has 0 fully saturated rings. The molecule has 8 aromatic rings. The number of nitrogens with zero attached hydrogens (tertiary/aromatic N) is 4. The van der Waals surface area contributed by atoms with Crippen molar-refractivity contribution in [2.45, 2.75) is 78.6 Å². The molecule has 8 rings (SSSR count). The van der Waals surface area contributed by atoms with E-state index < -0.39 is 0 Å². The maximum atomic E-state index is 12.0. The van der Waals surface area contributed by atoms with Gasteiger partial charge in [0.05, 0.1) is 11.1 Å². The zero-order valence-corrected chi connectivity index (χ0v) is 30.9. The Bertz CT molecular complexity index is 2600. The second kappa shape index (κ2) is 11.3. The quantitative estimate of drug-likeness (QED) is 0.202. The summed E-state index contributed by atoms with van der Waals surface area (Å²) in [6.45, 7) is 19.6. The Morgan fingerprint density at radius 2 is 1.31 bits per heavy atom. The zero-order valence-electron chi connectivity index (χ0n) is 30.9. The summed E-state index contributed by atoms with van der Waals surface area (Å²) in [5.74, 6) is 0.661. The average molecular weight is 673 g/mol. The third-order valence-corrected chi connectivity index (χ3v) is 9.99. The molecule has 0 spiro atoms. The number of hydrogen-bond acceptors (Lipinski definition) is 5. The Hall–Kier alpha value is -5.49. The van der Waals surface area contributed by atoms with Gasteiger partial charge >= 0.3 is 0 Å². The minimum atomic E-state index is -0.304. The highest BCUT2D eigenvalue weighted by molar-refractivity contribution is 6.09. The van der Waals surface area contributed by atoms with Gasteiger partial charge < -0.3 is 9.52 Å². The summed E-state index contributed by atoms with van der Waals surface area (Å²) >= 11 is 0. The Balaban J connectivity index is 1.48. The van der Waals surface area contributed by atoms with Crippen molar-refractivity contribution in [3.8, 4) is 34.1 Å². The molecule has 0 radical (unpaired) electrons. The van der Waals surface area contributed by atoms with Gasteiger partial charge in [-0.1, -0.05) is 98.7 Å². The number of pyridine rings is 1. The summed E-state index contributed by atoms with van der Waals surface area (Å²) in [5.41, 5.74) is 9.68. The molecule has 0 saturated carbocycles. The van der Waals surface area contributed by atoms with E-state index in [2.05, 4.69) is 128 Å². The molecular formula is C45H44N4O2. The van der Waals surface area contributed by atoms with Crippen molar-refractivity contribution < 1.29 is 9.52 Å². The Kier molecular flexibility index (Phi) is 7.22. The lowest BCUT2D eigenvalue weighted by Gasteiger charge is -2.27. The van der Waals surface area contributed by atoms with Crippen molar-refractivity contribution in [2.24, 2.45) is 0 Å². The fourth-order valence-electron chi connectivity index (χ4n) is 7.08. The molecule has 0 aliphatic rings. The largest absolute Gasteiger partial charge is 0.507 e. The molecule has 4 aromatic heterocycles. The van der Waals surface area contributed by atoms with Gasteiger partial charge in [0.1, 0.15) is 28.2 Å². The van der Waals surface area contributed by atoms with Gasteiger partial charge in [0.15, 0.2) is 11.4 Å². The summed E-state index contributed by atoms with van der Waals surface area (Å²) in [4.78, 5) is 15.4. The fraction of sp³-hybridized carbons (Fsp3) is 0.267. The summed E-state index contributed by atoms with van der Waals surface area (Å²) in [6.07, 6.45) is 1.85. The maximum absolute atomic E-state index is 12.0. The number of phenols is 1. The van der Waals surface area contributed by atoms with Gasteiger partial charge in [-0.15, -0.1) is 0 Å². The van der Waals surface area contributed by atoms with E-state index in [-0.39, 0.29) is 22.0 Å². The maximum Gasteiger partial charge on any atom is 0.180 e. The van der Waals surface area contributed by atoms with E-state index in [4.69, 9.17) is 19.4 Å². The third kappa shape index (κ3) is 5.45. The second-order valence-corrected chi connectivity index (χ2v) is 16.8. The second-order valence-electron chi connectivity index (χ2n) is 16.8.